The Labute approximate surface area is 102 Å². The number of aliphatic carboxylic acids is 1. The van der Waals surface area contributed by atoms with Gasteiger partial charge in [-0.25, -0.2) is 0 Å². The van der Waals surface area contributed by atoms with Gasteiger partial charge in [-0.15, -0.1) is 11.8 Å². The number of carbonyl (C=O) groups is 1. The summed E-state index contributed by atoms with van der Waals surface area (Å²) >= 11 is 1.73. The lowest BCUT2D eigenvalue weighted by atomic mass is 10.0. The van der Waals surface area contributed by atoms with Crippen LogP contribution in [0.5, 0.6) is 0 Å². The van der Waals surface area contributed by atoms with E-state index in [9.17, 15) is 4.79 Å². The molecule has 1 aliphatic heterocycles. The van der Waals surface area contributed by atoms with Gasteiger partial charge in [0.2, 0.25) is 0 Å². The zero-order chi connectivity index (χ0) is 12.1. The molecule has 4 heteroatoms. The normalized spacial score (nSPS) is 26.4. The van der Waals surface area contributed by atoms with Crippen LogP contribution >= 0.6 is 11.8 Å². The van der Waals surface area contributed by atoms with E-state index in [1.807, 2.05) is 0 Å². The molecular weight excluding hydrogens is 222 g/mol. The van der Waals surface area contributed by atoms with E-state index in [4.69, 9.17) is 5.11 Å². The quantitative estimate of drug-likeness (QED) is 0.728. The van der Waals surface area contributed by atoms with Gasteiger partial charge in [0.05, 0.1) is 5.37 Å². The van der Waals surface area contributed by atoms with Crippen molar-refractivity contribution in [3.63, 3.8) is 0 Å². The topological polar surface area (TPSA) is 49.3 Å². The number of allylic oxidation sites excluding steroid dienone is 2. The Hall–Kier alpha value is -0.480. The van der Waals surface area contributed by atoms with Gasteiger partial charge < -0.3 is 5.11 Å². The number of nitrogens with one attached hydrogen (secondary N) is 1. The monoisotopic (exact) mass is 243 g/mol. The summed E-state index contributed by atoms with van der Waals surface area (Å²) in [6.07, 6.45) is 4.44. The smallest absolute Gasteiger partial charge is 0.321 e. The molecule has 0 bridgehead atoms. The minimum Gasteiger partial charge on any atom is -0.480 e. The van der Waals surface area contributed by atoms with Crippen molar-refractivity contribution in [2.75, 3.05) is 5.75 Å². The van der Waals surface area contributed by atoms with E-state index < -0.39 is 5.97 Å². The zero-order valence-electron chi connectivity index (χ0n) is 10.2. The highest BCUT2D eigenvalue weighted by molar-refractivity contribution is 8.00. The fourth-order valence-electron chi connectivity index (χ4n) is 1.75. The van der Waals surface area contributed by atoms with Crippen molar-refractivity contribution >= 4 is 17.7 Å². The van der Waals surface area contributed by atoms with E-state index >= 15 is 0 Å². The van der Waals surface area contributed by atoms with Crippen molar-refractivity contribution in [3.05, 3.63) is 11.6 Å². The van der Waals surface area contributed by atoms with Crippen LogP contribution in [0.1, 0.15) is 33.6 Å². The van der Waals surface area contributed by atoms with E-state index in [1.165, 1.54) is 5.57 Å². The largest absolute Gasteiger partial charge is 0.480 e. The molecule has 0 aliphatic carbocycles. The molecule has 0 aromatic carbocycles. The van der Waals surface area contributed by atoms with Crippen molar-refractivity contribution < 1.29 is 9.90 Å². The third kappa shape index (κ3) is 4.18. The van der Waals surface area contributed by atoms with Crippen molar-refractivity contribution in [1.82, 2.24) is 5.32 Å². The van der Waals surface area contributed by atoms with Crippen LogP contribution in [0.15, 0.2) is 11.6 Å². The van der Waals surface area contributed by atoms with Crippen LogP contribution in [0.25, 0.3) is 0 Å². The summed E-state index contributed by atoms with van der Waals surface area (Å²) < 4.78 is 0. The molecule has 0 amide bonds. The highest BCUT2D eigenvalue weighted by atomic mass is 32.2. The second-order valence-corrected chi connectivity index (χ2v) is 5.82. The zero-order valence-corrected chi connectivity index (χ0v) is 11.0. The molecule has 3 atom stereocenters. The number of rotatable bonds is 5. The van der Waals surface area contributed by atoms with E-state index in [1.54, 1.807) is 11.8 Å². The second-order valence-electron chi connectivity index (χ2n) is 4.65. The summed E-state index contributed by atoms with van der Waals surface area (Å²) in [7, 11) is 0. The van der Waals surface area contributed by atoms with Crippen molar-refractivity contribution in [3.8, 4) is 0 Å². The predicted octanol–water partition coefficient (Wildman–Crippen LogP) is 2.48. The molecule has 2 N–H and O–H groups in total. The van der Waals surface area contributed by atoms with Crippen LogP contribution in [-0.2, 0) is 4.79 Å². The van der Waals surface area contributed by atoms with Crippen LogP contribution in [0.4, 0.5) is 0 Å². The maximum absolute atomic E-state index is 10.8. The summed E-state index contributed by atoms with van der Waals surface area (Å²) in [6.45, 7) is 6.40. The molecule has 2 unspecified atom stereocenters. The van der Waals surface area contributed by atoms with E-state index in [2.05, 4.69) is 32.2 Å². The van der Waals surface area contributed by atoms with Gasteiger partial charge >= 0.3 is 5.97 Å². The average molecular weight is 243 g/mol. The van der Waals surface area contributed by atoms with Crippen LogP contribution in [0, 0.1) is 5.92 Å². The van der Waals surface area contributed by atoms with Crippen LogP contribution in [0.3, 0.4) is 0 Å². The number of thioether (sulfide) groups is 1. The lowest BCUT2D eigenvalue weighted by molar-refractivity contribution is -0.138. The third-order valence-electron chi connectivity index (χ3n) is 2.80. The number of hydrogen-bond acceptors (Lipinski definition) is 3. The van der Waals surface area contributed by atoms with E-state index in [0.717, 1.165) is 12.8 Å². The molecule has 92 valence electrons. The molecule has 1 rings (SSSR count). The van der Waals surface area contributed by atoms with Gasteiger partial charge in [0.1, 0.15) is 6.04 Å². The molecule has 1 aliphatic rings. The van der Waals surface area contributed by atoms with Gasteiger partial charge in [-0.2, -0.15) is 0 Å². The number of hydrogen-bond donors (Lipinski definition) is 2. The predicted molar refractivity (Wildman–Crippen MR) is 68.6 cm³/mol. The number of carboxylic acids is 1. The average Bonchev–Trinajstić information content (AvgIpc) is 2.65. The van der Waals surface area contributed by atoms with E-state index in [-0.39, 0.29) is 6.04 Å². The first-order valence-corrected chi connectivity index (χ1v) is 6.79. The lowest BCUT2D eigenvalue weighted by Gasteiger charge is -2.18. The molecule has 0 saturated carbocycles. The Bertz CT molecular complexity index is 274. The van der Waals surface area contributed by atoms with Gasteiger partial charge in [0.15, 0.2) is 0 Å². The molecule has 1 saturated heterocycles. The Morgan fingerprint density at radius 2 is 2.31 bits per heavy atom. The van der Waals surface area contributed by atoms with Gasteiger partial charge in [-0.05, 0) is 32.6 Å². The fraction of sp³-hybridized carbons (Fsp3) is 0.750. The highest BCUT2D eigenvalue weighted by Crippen LogP contribution is 2.27. The summed E-state index contributed by atoms with van der Waals surface area (Å²) in [6, 6.07) is -0.360. The molecule has 16 heavy (non-hydrogen) atoms. The summed E-state index contributed by atoms with van der Waals surface area (Å²) in [5, 5.41) is 12.3. The Kier molecular flexibility index (Phi) is 5.35. The molecule has 3 nitrogen and oxygen atoms in total. The summed E-state index contributed by atoms with van der Waals surface area (Å²) in [4.78, 5) is 10.8. The third-order valence-corrected chi connectivity index (χ3v) is 4.28. The maximum Gasteiger partial charge on any atom is 0.321 e. The SMILES string of the molecule is CC(C)=CCCC(C)C1N[C@H](C(=O)O)CS1. The molecule has 0 spiro atoms. The Morgan fingerprint density at radius 3 is 2.81 bits per heavy atom. The molecule has 0 radical (unpaired) electrons. The molecular formula is C12H21NO2S. The van der Waals surface area contributed by atoms with Crippen molar-refractivity contribution in [2.24, 2.45) is 5.92 Å². The lowest BCUT2D eigenvalue weighted by Crippen LogP contribution is -2.38. The first-order valence-electron chi connectivity index (χ1n) is 5.74. The van der Waals surface area contributed by atoms with Gasteiger partial charge in [-0.3, -0.25) is 10.1 Å². The van der Waals surface area contributed by atoms with Gasteiger partial charge in [-0.1, -0.05) is 18.6 Å². The molecule has 0 aromatic heterocycles. The molecule has 1 fully saturated rings. The van der Waals surface area contributed by atoms with Crippen molar-refractivity contribution in [2.45, 2.75) is 45.0 Å². The number of carboxylic acid groups (broad SMARTS) is 1. The maximum atomic E-state index is 10.8. The van der Waals surface area contributed by atoms with Crippen molar-refractivity contribution in [1.29, 1.82) is 0 Å². The molecule has 1 heterocycles. The summed E-state index contributed by atoms with van der Waals surface area (Å²) in [5.41, 5.74) is 1.35. The fourth-order valence-corrected chi connectivity index (χ4v) is 3.12. The summed E-state index contributed by atoms with van der Waals surface area (Å²) in [5.74, 6) is 0.476. The minimum atomic E-state index is -0.730. The van der Waals surface area contributed by atoms with Gasteiger partial charge in [0.25, 0.3) is 0 Å². The standard InChI is InChI=1S/C12H21NO2S/c1-8(2)5-4-6-9(3)11-13-10(7-16-11)12(14)15/h5,9-11,13H,4,6-7H2,1-3H3,(H,14,15)/t9?,10-,11?/m0/s1. The minimum absolute atomic E-state index is 0.298. The molecule has 0 aromatic rings. The second kappa shape index (κ2) is 6.30. The van der Waals surface area contributed by atoms with Crippen LogP contribution in [0.2, 0.25) is 0 Å². The van der Waals surface area contributed by atoms with Gasteiger partial charge in [0, 0.05) is 5.75 Å². The Morgan fingerprint density at radius 1 is 1.62 bits per heavy atom. The van der Waals surface area contributed by atoms with Crippen LogP contribution < -0.4 is 5.32 Å². The first kappa shape index (κ1) is 13.6. The van der Waals surface area contributed by atoms with Crippen LogP contribution in [-0.4, -0.2) is 28.2 Å². The first-order chi connectivity index (χ1) is 7.50. The van der Waals surface area contributed by atoms with E-state index in [0.29, 0.717) is 17.0 Å². The Balaban J connectivity index is 2.31. The highest BCUT2D eigenvalue weighted by Gasteiger charge is 2.31.